The molecule has 2 aromatic heterocycles. The van der Waals surface area contributed by atoms with Crippen molar-refractivity contribution in [3.8, 4) is 28.1 Å². The van der Waals surface area contributed by atoms with Crippen molar-refractivity contribution in [2.24, 2.45) is 0 Å². The zero-order chi connectivity index (χ0) is 34.6. The molecule has 9 nitrogen and oxygen atoms in total. The molecule has 11 heteroatoms. The summed E-state index contributed by atoms with van der Waals surface area (Å²) >= 11 is 0. The predicted molar refractivity (Wildman–Crippen MR) is 178 cm³/mol. The molecule has 2 aromatic carbocycles. The van der Waals surface area contributed by atoms with Gasteiger partial charge in [-0.05, 0) is 82.0 Å². The van der Waals surface area contributed by atoms with Crippen molar-refractivity contribution < 1.29 is 37.3 Å². The van der Waals surface area contributed by atoms with Crippen LogP contribution in [0.2, 0.25) is 0 Å². The molecule has 48 heavy (non-hydrogen) atoms. The minimum absolute atomic E-state index is 0.0976. The molecule has 0 radical (unpaired) electrons. The van der Waals surface area contributed by atoms with E-state index in [4.69, 9.17) is 18.9 Å². The van der Waals surface area contributed by atoms with E-state index in [1.807, 2.05) is 32.3 Å². The zero-order valence-electron chi connectivity index (χ0n) is 28.0. The Kier molecular flexibility index (Phi) is 10.6. The summed E-state index contributed by atoms with van der Waals surface area (Å²) in [4.78, 5) is 30.9. The molecule has 0 bridgehead atoms. The van der Waals surface area contributed by atoms with E-state index >= 15 is 0 Å². The lowest BCUT2D eigenvalue weighted by molar-refractivity contribution is -0.300. The van der Waals surface area contributed by atoms with Crippen LogP contribution in [0.4, 0.5) is 14.6 Å². The second-order valence-corrected chi connectivity index (χ2v) is 12.5. The van der Waals surface area contributed by atoms with Gasteiger partial charge in [0.05, 0.1) is 32.8 Å². The topological polar surface area (TPSA) is 101 Å². The second-order valence-electron chi connectivity index (χ2n) is 12.5. The molecule has 3 heterocycles. The normalized spacial score (nSPS) is 17.3. The van der Waals surface area contributed by atoms with Gasteiger partial charge >= 0.3 is 5.97 Å². The summed E-state index contributed by atoms with van der Waals surface area (Å²) in [6, 6.07) is 16.9. The largest absolute Gasteiger partial charge is 0.481 e. The highest BCUT2D eigenvalue weighted by Gasteiger charge is 2.37. The molecule has 2 atom stereocenters. The lowest BCUT2D eigenvalue weighted by Crippen LogP contribution is -2.45. The molecule has 254 valence electrons. The van der Waals surface area contributed by atoms with Crippen LogP contribution in [-0.4, -0.2) is 53.6 Å². The minimum Gasteiger partial charge on any atom is -0.481 e. The van der Waals surface area contributed by atoms with Crippen LogP contribution in [0.25, 0.3) is 22.3 Å². The maximum Gasteiger partial charge on any atom is 0.308 e. The number of nitrogens with zero attached hydrogens (tertiary/aromatic N) is 2. The maximum atomic E-state index is 14.4. The summed E-state index contributed by atoms with van der Waals surface area (Å²) in [7, 11) is 2.84. The Bertz CT molecular complexity index is 1750. The van der Waals surface area contributed by atoms with Crippen molar-refractivity contribution >= 4 is 17.7 Å². The molecular formula is C37H41F2N3O6. The molecule has 0 unspecified atom stereocenters. The number of hydrogen-bond acceptors (Lipinski definition) is 7. The van der Waals surface area contributed by atoms with Crippen LogP contribution in [0.5, 0.6) is 5.88 Å². The van der Waals surface area contributed by atoms with Gasteiger partial charge in [-0.25, -0.2) is 8.78 Å². The van der Waals surface area contributed by atoms with Crippen LogP contribution in [0.1, 0.15) is 69.2 Å². The summed E-state index contributed by atoms with van der Waals surface area (Å²) in [5.41, 5.74) is 3.75. The van der Waals surface area contributed by atoms with Gasteiger partial charge in [0.2, 0.25) is 5.88 Å². The van der Waals surface area contributed by atoms with Crippen LogP contribution >= 0.6 is 0 Å². The Morgan fingerprint density at radius 1 is 0.938 bits per heavy atom. The third-order valence-corrected chi connectivity index (χ3v) is 8.23. The number of anilines is 1. The summed E-state index contributed by atoms with van der Waals surface area (Å²) in [5.74, 6) is -1.92. The first-order valence-corrected chi connectivity index (χ1v) is 15.9. The quantitative estimate of drug-likeness (QED) is 0.164. The minimum atomic E-state index is -0.935. The summed E-state index contributed by atoms with van der Waals surface area (Å²) in [5, 5.41) is 2.93. The average molecular weight is 662 g/mol. The van der Waals surface area contributed by atoms with Crippen molar-refractivity contribution in [3.63, 3.8) is 0 Å². The SMILES string of the molecule is COC(=O)C[C@H]1C[C@@H](CCc2c(-c3ccc(F)cc3)c(-c3ccc(F)cc3)c(C(=O)Nc3cccc(OC)n3)n2C(C)C)OC(C)(C)O1. The summed E-state index contributed by atoms with van der Waals surface area (Å²) in [6.45, 7) is 7.58. The van der Waals surface area contributed by atoms with Crippen molar-refractivity contribution in [2.75, 3.05) is 19.5 Å². The zero-order valence-corrected chi connectivity index (χ0v) is 28.0. The number of amides is 1. The number of esters is 1. The van der Waals surface area contributed by atoms with E-state index in [1.165, 1.54) is 38.5 Å². The van der Waals surface area contributed by atoms with Crippen LogP contribution in [0.3, 0.4) is 0 Å². The molecule has 1 fully saturated rings. The number of carbonyl (C=O) groups excluding carboxylic acids is 2. The Morgan fingerprint density at radius 3 is 2.12 bits per heavy atom. The van der Waals surface area contributed by atoms with Crippen LogP contribution in [-0.2, 0) is 25.4 Å². The van der Waals surface area contributed by atoms with E-state index in [0.717, 1.165) is 11.3 Å². The van der Waals surface area contributed by atoms with Gasteiger partial charge in [0.25, 0.3) is 5.91 Å². The number of halogens is 2. The smallest absolute Gasteiger partial charge is 0.308 e. The Balaban J connectivity index is 1.66. The highest BCUT2D eigenvalue weighted by atomic mass is 19.1. The number of pyridine rings is 1. The first kappa shape index (κ1) is 34.7. The van der Waals surface area contributed by atoms with Crippen molar-refractivity contribution in [2.45, 2.75) is 77.4 Å². The number of ether oxygens (including phenoxy) is 4. The van der Waals surface area contributed by atoms with E-state index < -0.39 is 29.4 Å². The van der Waals surface area contributed by atoms with E-state index in [1.54, 1.807) is 42.5 Å². The Hall–Kier alpha value is -4.61. The lowest BCUT2D eigenvalue weighted by atomic mass is 9.92. The first-order valence-electron chi connectivity index (χ1n) is 15.9. The van der Waals surface area contributed by atoms with Gasteiger partial charge in [0.15, 0.2) is 5.79 Å². The Labute approximate surface area is 279 Å². The summed E-state index contributed by atoms with van der Waals surface area (Å²) in [6.07, 6.45) is 0.859. The number of aromatic nitrogens is 2. The lowest BCUT2D eigenvalue weighted by Gasteiger charge is -2.40. The van der Waals surface area contributed by atoms with Gasteiger partial charge in [-0.1, -0.05) is 30.3 Å². The van der Waals surface area contributed by atoms with E-state index in [2.05, 4.69) is 10.3 Å². The summed E-state index contributed by atoms with van der Waals surface area (Å²) < 4.78 is 52.9. The Morgan fingerprint density at radius 2 is 1.54 bits per heavy atom. The van der Waals surface area contributed by atoms with Crippen molar-refractivity contribution in [1.82, 2.24) is 9.55 Å². The predicted octanol–water partition coefficient (Wildman–Crippen LogP) is 7.74. The molecule has 1 saturated heterocycles. The molecule has 1 amide bonds. The van der Waals surface area contributed by atoms with Gasteiger partial charge < -0.3 is 28.8 Å². The van der Waals surface area contributed by atoms with E-state index in [0.29, 0.717) is 53.3 Å². The van der Waals surface area contributed by atoms with E-state index in [9.17, 15) is 18.4 Å². The molecule has 1 aliphatic rings. The monoisotopic (exact) mass is 661 g/mol. The standard InChI is InChI=1S/C37H41F2N3O6/c1-22(2)42-29(19-18-27-20-28(21-32(43)46-6)48-37(3,4)47-27)33(23-10-14-25(38)15-11-23)34(24-12-16-26(39)17-13-24)35(42)36(44)41-30-8-7-9-31(40-30)45-5/h7-17,22,27-28H,18-21H2,1-6H3,(H,40,41,44)/t27-,28-/m1/s1. The maximum absolute atomic E-state index is 14.4. The van der Waals surface area contributed by atoms with Gasteiger partial charge in [-0.2, -0.15) is 4.98 Å². The number of methoxy groups -OCH3 is 2. The molecule has 5 rings (SSSR count). The fourth-order valence-corrected chi connectivity index (χ4v) is 6.36. The second kappa shape index (κ2) is 14.7. The number of benzene rings is 2. The molecule has 1 N–H and O–H groups in total. The van der Waals surface area contributed by atoms with Crippen molar-refractivity contribution in [1.29, 1.82) is 0 Å². The van der Waals surface area contributed by atoms with Gasteiger partial charge in [0, 0.05) is 35.3 Å². The fourth-order valence-electron chi connectivity index (χ4n) is 6.36. The number of hydrogen-bond donors (Lipinski definition) is 1. The molecule has 4 aromatic rings. The molecule has 0 spiro atoms. The highest BCUT2D eigenvalue weighted by Crippen LogP contribution is 2.43. The third kappa shape index (κ3) is 7.91. The number of nitrogens with one attached hydrogen (secondary N) is 1. The average Bonchev–Trinajstić information content (AvgIpc) is 3.39. The molecular weight excluding hydrogens is 620 g/mol. The van der Waals surface area contributed by atoms with Gasteiger partial charge in [-0.3, -0.25) is 9.59 Å². The van der Waals surface area contributed by atoms with Gasteiger partial charge in [-0.15, -0.1) is 0 Å². The molecule has 1 aliphatic heterocycles. The van der Waals surface area contributed by atoms with Crippen LogP contribution in [0, 0.1) is 11.6 Å². The third-order valence-electron chi connectivity index (χ3n) is 8.23. The van der Waals surface area contributed by atoms with Crippen LogP contribution < -0.4 is 10.1 Å². The fraction of sp³-hybridized carbons (Fsp3) is 0.378. The van der Waals surface area contributed by atoms with Crippen LogP contribution in [0.15, 0.2) is 66.7 Å². The number of rotatable bonds is 11. The molecule has 0 aliphatic carbocycles. The number of carbonyl (C=O) groups is 2. The molecule has 0 saturated carbocycles. The van der Waals surface area contributed by atoms with Gasteiger partial charge in [0.1, 0.15) is 23.1 Å². The highest BCUT2D eigenvalue weighted by molar-refractivity contribution is 6.10. The van der Waals surface area contributed by atoms with E-state index in [-0.39, 0.29) is 24.5 Å². The van der Waals surface area contributed by atoms with Crippen molar-refractivity contribution in [3.05, 3.63) is 89.8 Å². The first-order chi connectivity index (χ1) is 22.9.